The molecule has 2 aromatic rings. The molecule has 1 heterocycles. The molecule has 2 rings (SSSR count). The van der Waals surface area contributed by atoms with E-state index in [1.54, 1.807) is 0 Å². The van der Waals surface area contributed by atoms with Gasteiger partial charge in [0.2, 0.25) is 0 Å². The lowest BCUT2D eigenvalue weighted by molar-refractivity contribution is 0.434. The van der Waals surface area contributed by atoms with E-state index in [9.17, 15) is 5.02 Å². The highest BCUT2D eigenvalue weighted by molar-refractivity contribution is 7.20. The van der Waals surface area contributed by atoms with Gasteiger partial charge in [0.15, 0.2) is 0 Å². The van der Waals surface area contributed by atoms with Crippen LogP contribution in [0.25, 0.3) is 0 Å². The molecule has 1 aromatic carbocycles. The minimum absolute atomic E-state index is 0.674. The third-order valence-corrected chi connectivity index (χ3v) is 2.68. The normalized spacial score (nSPS) is 9.79. The lowest BCUT2D eigenvalue weighted by Crippen LogP contribution is -2.34. The number of para-hydroxylation sites is 1. The summed E-state index contributed by atoms with van der Waals surface area (Å²) in [6.07, 6.45) is 0. The second-order valence-corrected chi connectivity index (χ2v) is 3.78. The molecule has 0 saturated heterocycles. The molecule has 0 atom stereocenters. The molecule has 0 aliphatic rings. The fraction of sp³-hybridized carbons (Fsp3) is 0. The van der Waals surface area contributed by atoms with Gasteiger partial charge in [-0.1, -0.05) is 30.3 Å². The van der Waals surface area contributed by atoms with Crippen molar-refractivity contribution >= 4 is 23.2 Å². The van der Waals surface area contributed by atoms with Crippen LogP contribution in [0.5, 0.6) is 5.75 Å². The van der Waals surface area contributed by atoms with Gasteiger partial charge < -0.3 is 9.68 Å². The van der Waals surface area contributed by atoms with Crippen LogP contribution in [0.3, 0.4) is 0 Å². The van der Waals surface area contributed by atoms with Crippen LogP contribution in [0.2, 0.25) is 0 Å². The van der Waals surface area contributed by atoms with Gasteiger partial charge in [-0.05, 0) is 17.5 Å². The van der Waals surface area contributed by atoms with Crippen molar-refractivity contribution in [2.75, 3.05) is 0 Å². The van der Waals surface area contributed by atoms with Crippen molar-refractivity contribution in [3.8, 4) is 5.75 Å². The van der Waals surface area contributed by atoms with Crippen LogP contribution in [0, 0.1) is 0 Å². The molecule has 1 N–H and O–H groups in total. The van der Waals surface area contributed by atoms with E-state index in [4.69, 9.17) is 4.65 Å². The molecule has 0 spiro atoms. The number of rotatable bonds is 3. The van der Waals surface area contributed by atoms with Gasteiger partial charge in [-0.2, -0.15) is 11.3 Å². The van der Waals surface area contributed by atoms with Gasteiger partial charge in [0, 0.05) is 4.78 Å². The Bertz CT molecular complexity index is 374. The third-order valence-electron chi connectivity index (χ3n) is 1.78. The average molecular weight is 204 g/mol. The highest BCUT2D eigenvalue weighted by Crippen LogP contribution is 2.09. The van der Waals surface area contributed by atoms with Crippen LogP contribution in [0.1, 0.15) is 0 Å². The number of hydrogen-bond acceptors (Lipinski definition) is 3. The largest absolute Gasteiger partial charge is 0.570 e. The van der Waals surface area contributed by atoms with Gasteiger partial charge in [0.1, 0.15) is 5.75 Å². The lowest BCUT2D eigenvalue weighted by atomic mass is 9.88. The summed E-state index contributed by atoms with van der Waals surface area (Å²) in [5.74, 6) is 0.674. The van der Waals surface area contributed by atoms with Crippen LogP contribution >= 0.6 is 11.3 Å². The molecule has 0 aliphatic carbocycles. The molecule has 2 nitrogen and oxygen atoms in total. The Labute approximate surface area is 86.9 Å². The molecule has 0 amide bonds. The summed E-state index contributed by atoms with van der Waals surface area (Å²) >= 11 is 1.48. The molecule has 0 unspecified atom stereocenters. The maximum absolute atomic E-state index is 9.65. The summed E-state index contributed by atoms with van der Waals surface area (Å²) in [5, 5.41) is 11.6. The SMILES string of the molecule is OB(Oc1ccccc1)c1cccs1. The molecule has 0 radical (unpaired) electrons. The maximum atomic E-state index is 9.65. The van der Waals surface area contributed by atoms with Crippen LogP contribution < -0.4 is 9.43 Å². The monoisotopic (exact) mass is 204 g/mol. The van der Waals surface area contributed by atoms with Crippen molar-refractivity contribution in [1.29, 1.82) is 0 Å². The lowest BCUT2D eigenvalue weighted by Gasteiger charge is -2.07. The van der Waals surface area contributed by atoms with Crippen molar-refractivity contribution in [2.45, 2.75) is 0 Å². The van der Waals surface area contributed by atoms with Gasteiger partial charge in [-0.25, -0.2) is 0 Å². The Morgan fingerprint density at radius 2 is 1.86 bits per heavy atom. The summed E-state index contributed by atoms with van der Waals surface area (Å²) in [6, 6.07) is 13.0. The predicted octanol–water partition coefficient (Wildman–Crippen LogP) is 1.51. The standard InChI is InChI=1S/C10H9BO2S/c12-11(10-7-4-8-14-10)13-9-5-2-1-3-6-9/h1-8,12H. The Kier molecular flexibility index (Phi) is 2.86. The molecule has 0 bridgehead atoms. The first-order chi connectivity index (χ1) is 6.86. The van der Waals surface area contributed by atoms with Gasteiger partial charge in [-0.15, -0.1) is 0 Å². The highest BCUT2D eigenvalue weighted by atomic mass is 32.1. The maximum Gasteiger partial charge on any atom is 0.570 e. The average Bonchev–Trinajstić information content (AvgIpc) is 2.72. The first-order valence-corrected chi connectivity index (χ1v) is 5.17. The number of hydrogen-bond donors (Lipinski definition) is 1. The Balaban J connectivity index is 2.06. The summed E-state index contributed by atoms with van der Waals surface area (Å²) in [7, 11) is -0.864. The van der Waals surface area contributed by atoms with Gasteiger partial charge >= 0.3 is 7.12 Å². The van der Waals surface area contributed by atoms with Crippen LogP contribution in [-0.4, -0.2) is 12.1 Å². The molecule has 14 heavy (non-hydrogen) atoms. The quantitative estimate of drug-likeness (QED) is 0.768. The minimum Gasteiger partial charge on any atom is -0.532 e. The molecule has 0 saturated carbocycles. The second kappa shape index (κ2) is 4.31. The number of benzene rings is 1. The van der Waals surface area contributed by atoms with Crippen molar-refractivity contribution in [1.82, 2.24) is 0 Å². The van der Waals surface area contributed by atoms with Crippen molar-refractivity contribution in [3.63, 3.8) is 0 Å². The van der Waals surface area contributed by atoms with E-state index in [2.05, 4.69) is 0 Å². The van der Waals surface area contributed by atoms with Gasteiger partial charge in [-0.3, -0.25) is 0 Å². The second-order valence-electron chi connectivity index (χ2n) is 2.80. The summed E-state index contributed by atoms with van der Waals surface area (Å²) in [5.41, 5.74) is 0. The van der Waals surface area contributed by atoms with Crippen LogP contribution in [0.15, 0.2) is 47.8 Å². The van der Waals surface area contributed by atoms with Crippen LogP contribution in [0.4, 0.5) is 0 Å². The molecule has 70 valence electrons. The van der Waals surface area contributed by atoms with Gasteiger partial charge in [0.05, 0.1) is 0 Å². The van der Waals surface area contributed by atoms with E-state index in [-0.39, 0.29) is 0 Å². The summed E-state index contributed by atoms with van der Waals surface area (Å²) in [4.78, 5) is 0. The van der Waals surface area contributed by atoms with Crippen molar-refractivity contribution in [2.24, 2.45) is 0 Å². The smallest absolute Gasteiger partial charge is 0.532 e. The first kappa shape index (κ1) is 9.31. The van der Waals surface area contributed by atoms with E-state index < -0.39 is 7.12 Å². The fourth-order valence-electron chi connectivity index (χ4n) is 1.12. The van der Waals surface area contributed by atoms with Crippen molar-refractivity contribution < 1.29 is 9.68 Å². The summed E-state index contributed by atoms with van der Waals surface area (Å²) < 4.78 is 6.14. The first-order valence-electron chi connectivity index (χ1n) is 4.29. The van der Waals surface area contributed by atoms with Crippen molar-refractivity contribution in [3.05, 3.63) is 47.8 Å². The Morgan fingerprint density at radius 1 is 1.07 bits per heavy atom. The Hall–Kier alpha value is -1.26. The summed E-state index contributed by atoms with van der Waals surface area (Å²) in [6.45, 7) is 0. The zero-order valence-corrected chi connectivity index (χ0v) is 8.28. The fourth-order valence-corrected chi connectivity index (χ4v) is 1.75. The molecule has 0 fully saturated rings. The van der Waals surface area contributed by atoms with Crippen LogP contribution in [-0.2, 0) is 0 Å². The highest BCUT2D eigenvalue weighted by Gasteiger charge is 2.19. The van der Waals surface area contributed by atoms with E-state index in [1.165, 1.54) is 11.3 Å². The van der Waals surface area contributed by atoms with E-state index in [0.717, 1.165) is 4.78 Å². The topological polar surface area (TPSA) is 29.5 Å². The zero-order chi connectivity index (χ0) is 9.80. The minimum atomic E-state index is -0.864. The van der Waals surface area contributed by atoms with Gasteiger partial charge in [0.25, 0.3) is 0 Å². The molecule has 1 aromatic heterocycles. The van der Waals surface area contributed by atoms with E-state index in [1.807, 2.05) is 47.8 Å². The predicted molar refractivity (Wildman–Crippen MR) is 59.0 cm³/mol. The molecule has 0 aliphatic heterocycles. The zero-order valence-electron chi connectivity index (χ0n) is 7.46. The van der Waals surface area contributed by atoms with E-state index >= 15 is 0 Å². The third kappa shape index (κ3) is 2.16. The Morgan fingerprint density at radius 3 is 2.50 bits per heavy atom. The van der Waals surface area contributed by atoms with E-state index in [0.29, 0.717) is 5.75 Å². The molecular formula is C10H9BO2S. The number of thiophene rings is 1. The molecular weight excluding hydrogens is 195 g/mol. The molecule has 4 heteroatoms.